The first-order chi connectivity index (χ1) is 14.8. The highest BCUT2D eigenvalue weighted by atomic mass is 16.5. The monoisotopic (exact) mass is 425 g/mol. The molecule has 0 aliphatic carbocycles. The first-order valence-electron chi connectivity index (χ1n) is 10.1. The van der Waals surface area contributed by atoms with Gasteiger partial charge in [-0.25, -0.2) is 4.79 Å². The largest absolute Gasteiger partial charge is 0.468 e. The lowest BCUT2D eigenvalue weighted by Gasteiger charge is -2.25. The predicted molar refractivity (Wildman–Crippen MR) is 122 cm³/mol. The molecule has 0 aromatic heterocycles. The Morgan fingerprint density at radius 2 is 1.61 bits per heavy atom. The van der Waals surface area contributed by atoms with Crippen molar-refractivity contribution in [3.8, 4) is 0 Å². The number of allylic oxidation sites excluding steroid dienone is 1. The minimum absolute atomic E-state index is 0.237. The number of ether oxygens (including phenoxy) is 3. The van der Waals surface area contributed by atoms with E-state index in [1.54, 1.807) is 6.07 Å². The molecule has 0 spiro atoms. The van der Waals surface area contributed by atoms with Crippen LogP contribution in [0.1, 0.15) is 38.3 Å². The van der Waals surface area contributed by atoms with Gasteiger partial charge in [-0.15, -0.1) is 0 Å². The number of carbonyl (C=O) groups is 2. The predicted octanol–water partition coefficient (Wildman–Crippen LogP) is 5.22. The Hall–Kier alpha value is -3.12. The highest BCUT2D eigenvalue weighted by Gasteiger charge is 2.23. The second kappa shape index (κ2) is 11.3. The highest BCUT2D eigenvalue weighted by molar-refractivity contribution is 5.96. The van der Waals surface area contributed by atoms with Crippen LogP contribution in [-0.4, -0.2) is 38.4 Å². The van der Waals surface area contributed by atoms with Gasteiger partial charge < -0.3 is 14.2 Å². The lowest BCUT2D eigenvalue weighted by molar-refractivity contribution is -0.138. The van der Waals surface area contributed by atoms with Gasteiger partial charge in [-0.3, -0.25) is 9.69 Å². The fourth-order valence-electron chi connectivity index (χ4n) is 3.02. The summed E-state index contributed by atoms with van der Waals surface area (Å²) in [6.07, 6.45) is 2.13. The van der Waals surface area contributed by atoms with Gasteiger partial charge in [0, 0.05) is 5.56 Å². The molecule has 0 aliphatic rings. The van der Waals surface area contributed by atoms with Crippen molar-refractivity contribution in [3.05, 3.63) is 71.8 Å². The molecule has 0 atom stereocenters. The first-order valence-corrected chi connectivity index (χ1v) is 10.1. The number of hydrogen-bond acceptors (Lipinski definition) is 5. The molecule has 0 bridgehead atoms. The Balaban J connectivity index is 2.20. The van der Waals surface area contributed by atoms with Crippen LogP contribution in [0.4, 0.5) is 10.5 Å². The van der Waals surface area contributed by atoms with Gasteiger partial charge in [0.05, 0.1) is 32.1 Å². The fourth-order valence-corrected chi connectivity index (χ4v) is 3.02. The molecule has 0 fully saturated rings. The molecule has 0 unspecified atom stereocenters. The molecule has 166 valence electrons. The summed E-state index contributed by atoms with van der Waals surface area (Å²) in [7, 11) is 2.57. The summed E-state index contributed by atoms with van der Waals surface area (Å²) >= 11 is 0. The summed E-state index contributed by atoms with van der Waals surface area (Å²) in [4.78, 5) is 25.4. The van der Waals surface area contributed by atoms with Crippen molar-refractivity contribution in [1.82, 2.24) is 0 Å². The summed E-state index contributed by atoms with van der Waals surface area (Å²) in [6, 6.07) is 17.4. The zero-order chi connectivity index (χ0) is 22.9. The summed E-state index contributed by atoms with van der Waals surface area (Å²) in [5, 5.41) is 0. The van der Waals surface area contributed by atoms with Crippen LogP contribution in [0.15, 0.2) is 60.7 Å². The van der Waals surface area contributed by atoms with Crippen molar-refractivity contribution >= 4 is 23.3 Å². The van der Waals surface area contributed by atoms with E-state index in [4.69, 9.17) is 14.2 Å². The Kier molecular flexibility index (Phi) is 8.82. The van der Waals surface area contributed by atoms with Gasteiger partial charge in [0.25, 0.3) is 0 Å². The molecule has 2 rings (SSSR count). The van der Waals surface area contributed by atoms with E-state index in [0.717, 1.165) is 16.7 Å². The molecule has 0 N–H and O–H groups in total. The number of para-hydroxylation sites is 1. The second-order valence-corrected chi connectivity index (χ2v) is 7.77. The highest BCUT2D eigenvalue weighted by Crippen LogP contribution is 2.29. The maximum absolute atomic E-state index is 12.3. The van der Waals surface area contributed by atoms with Crippen molar-refractivity contribution in [3.63, 3.8) is 0 Å². The average molecular weight is 426 g/mol. The van der Waals surface area contributed by atoms with Crippen LogP contribution in [0, 0.1) is 0 Å². The SMILES string of the molecule is COC(=O)CN(C(=O)OC)c1ccccc1/C(C)=C/CC(C)(C)OCc1ccccc1. The Labute approximate surface area is 184 Å². The van der Waals surface area contributed by atoms with E-state index >= 15 is 0 Å². The zero-order valence-corrected chi connectivity index (χ0v) is 18.9. The third-order valence-corrected chi connectivity index (χ3v) is 4.90. The summed E-state index contributed by atoms with van der Waals surface area (Å²) in [5.41, 5.74) is 3.12. The number of methoxy groups -OCH3 is 2. The maximum atomic E-state index is 12.3. The van der Waals surface area contributed by atoms with Gasteiger partial charge in [0.1, 0.15) is 6.54 Å². The van der Waals surface area contributed by atoms with E-state index < -0.39 is 12.1 Å². The second-order valence-electron chi connectivity index (χ2n) is 7.77. The molecular formula is C25H31NO5. The minimum Gasteiger partial charge on any atom is -0.468 e. The van der Waals surface area contributed by atoms with E-state index in [9.17, 15) is 9.59 Å². The Morgan fingerprint density at radius 3 is 2.26 bits per heavy atom. The molecule has 2 aromatic carbocycles. The molecule has 31 heavy (non-hydrogen) atoms. The van der Waals surface area contributed by atoms with Crippen molar-refractivity contribution < 1.29 is 23.8 Å². The van der Waals surface area contributed by atoms with Gasteiger partial charge >= 0.3 is 12.1 Å². The van der Waals surface area contributed by atoms with Gasteiger partial charge in [-0.2, -0.15) is 0 Å². The van der Waals surface area contributed by atoms with Crippen molar-refractivity contribution in [2.24, 2.45) is 0 Å². The quantitative estimate of drug-likeness (QED) is 0.515. The third-order valence-electron chi connectivity index (χ3n) is 4.90. The Bertz CT molecular complexity index is 905. The smallest absolute Gasteiger partial charge is 0.414 e. The van der Waals surface area contributed by atoms with Crippen LogP contribution in [0.3, 0.4) is 0 Å². The molecule has 0 heterocycles. The number of esters is 1. The minimum atomic E-state index is -0.628. The number of anilines is 1. The van der Waals surface area contributed by atoms with Crippen molar-refractivity contribution in [1.29, 1.82) is 0 Å². The van der Waals surface area contributed by atoms with E-state index in [2.05, 4.69) is 6.08 Å². The van der Waals surface area contributed by atoms with Crippen LogP contribution in [0.2, 0.25) is 0 Å². The van der Waals surface area contributed by atoms with E-state index in [0.29, 0.717) is 18.7 Å². The topological polar surface area (TPSA) is 65.1 Å². The molecule has 0 radical (unpaired) electrons. The number of carbonyl (C=O) groups excluding carboxylic acids is 2. The number of hydrogen-bond donors (Lipinski definition) is 0. The third kappa shape index (κ3) is 7.26. The van der Waals surface area contributed by atoms with Crippen LogP contribution in [0.5, 0.6) is 0 Å². The van der Waals surface area contributed by atoms with Gasteiger partial charge in [-0.1, -0.05) is 54.6 Å². The lowest BCUT2D eigenvalue weighted by atomic mass is 9.98. The molecule has 6 nitrogen and oxygen atoms in total. The fraction of sp³-hybridized carbons (Fsp3) is 0.360. The first kappa shape index (κ1) is 24.2. The van der Waals surface area contributed by atoms with Gasteiger partial charge in [0.2, 0.25) is 0 Å². The van der Waals surface area contributed by atoms with Crippen LogP contribution < -0.4 is 4.90 Å². The van der Waals surface area contributed by atoms with E-state index in [1.165, 1.54) is 19.1 Å². The van der Waals surface area contributed by atoms with Crippen LogP contribution >= 0.6 is 0 Å². The van der Waals surface area contributed by atoms with Crippen LogP contribution in [-0.2, 0) is 25.6 Å². The number of amides is 1. The molecule has 0 saturated carbocycles. The average Bonchev–Trinajstić information content (AvgIpc) is 2.79. The summed E-state index contributed by atoms with van der Waals surface area (Å²) in [6.45, 7) is 6.36. The maximum Gasteiger partial charge on any atom is 0.414 e. The number of rotatable bonds is 9. The van der Waals surface area contributed by atoms with E-state index in [-0.39, 0.29) is 12.1 Å². The van der Waals surface area contributed by atoms with Crippen molar-refractivity contribution in [2.75, 3.05) is 25.7 Å². The number of nitrogens with zero attached hydrogens (tertiary/aromatic N) is 1. The molecule has 1 amide bonds. The Morgan fingerprint density at radius 1 is 0.968 bits per heavy atom. The van der Waals surface area contributed by atoms with Gasteiger partial charge in [-0.05, 0) is 44.4 Å². The van der Waals surface area contributed by atoms with Gasteiger partial charge in [0.15, 0.2) is 0 Å². The molecular weight excluding hydrogens is 394 g/mol. The van der Waals surface area contributed by atoms with E-state index in [1.807, 2.05) is 69.3 Å². The van der Waals surface area contributed by atoms with Crippen LogP contribution in [0.25, 0.3) is 5.57 Å². The standard InChI is InChI=1S/C25H31NO5/c1-19(15-16-25(2,3)31-18-20-11-7-6-8-12-20)21-13-9-10-14-22(21)26(24(28)30-5)17-23(27)29-4/h6-15H,16-18H2,1-5H3/b19-15+. The molecule has 2 aromatic rings. The molecule has 0 saturated heterocycles. The number of benzene rings is 2. The summed E-state index contributed by atoms with van der Waals surface area (Å²) < 4.78 is 15.7. The zero-order valence-electron chi connectivity index (χ0n) is 18.9. The normalized spacial score (nSPS) is 11.7. The summed E-state index contributed by atoms with van der Waals surface area (Å²) in [5.74, 6) is -0.530. The lowest BCUT2D eigenvalue weighted by Crippen LogP contribution is -2.36. The molecule has 6 heteroatoms. The van der Waals surface area contributed by atoms with Crippen molar-refractivity contribution in [2.45, 2.75) is 39.4 Å². The molecule has 0 aliphatic heterocycles.